The van der Waals surface area contributed by atoms with Crippen molar-refractivity contribution in [2.24, 2.45) is 0 Å². The summed E-state index contributed by atoms with van der Waals surface area (Å²) in [4.78, 5) is 12.9. The number of benzene rings is 2. The molecule has 0 bridgehead atoms. The summed E-state index contributed by atoms with van der Waals surface area (Å²) in [6.45, 7) is 10.1. The molecule has 1 atom stereocenters. The predicted octanol–water partition coefficient (Wildman–Crippen LogP) is 6.00. The minimum atomic E-state index is 0.0174. The molecule has 0 amide bonds. The molecule has 0 radical (unpaired) electrons. The lowest BCUT2D eigenvalue weighted by molar-refractivity contribution is 0.488. The Hall–Kier alpha value is -2.20. The first-order valence-electron chi connectivity index (χ1n) is 8.95. The van der Waals surface area contributed by atoms with Gasteiger partial charge in [-0.1, -0.05) is 43.0 Å². The van der Waals surface area contributed by atoms with Gasteiger partial charge in [-0.2, -0.15) is 0 Å². The van der Waals surface area contributed by atoms with Gasteiger partial charge >= 0.3 is 0 Å². The number of nitrogens with one attached hydrogen (secondary N) is 1. The number of anilines is 1. The molecular formula is C22H25NO2S. The van der Waals surface area contributed by atoms with Crippen LogP contribution in [0, 0.1) is 20.8 Å². The zero-order valence-corrected chi connectivity index (χ0v) is 16.8. The van der Waals surface area contributed by atoms with Gasteiger partial charge in [-0.15, -0.1) is 0 Å². The van der Waals surface area contributed by atoms with Crippen LogP contribution in [0.4, 0.5) is 5.69 Å². The van der Waals surface area contributed by atoms with E-state index in [0.717, 1.165) is 27.7 Å². The molecule has 4 heteroatoms. The molecule has 3 rings (SSSR count). The molecule has 136 valence electrons. The molecule has 0 saturated heterocycles. The average Bonchev–Trinajstić information content (AvgIpc) is 2.61. The van der Waals surface area contributed by atoms with Gasteiger partial charge < -0.3 is 9.73 Å². The lowest BCUT2D eigenvalue weighted by Crippen LogP contribution is -2.12. The Kier molecular flexibility index (Phi) is 5.42. The topological polar surface area (TPSA) is 42.2 Å². The number of hydrogen-bond donors (Lipinski definition) is 1. The lowest BCUT2D eigenvalue weighted by atomic mass is 10.00. The van der Waals surface area contributed by atoms with Gasteiger partial charge in [0.15, 0.2) is 10.5 Å². The van der Waals surface area contributed by atoms with Crippen molar-refractivity contribution in [2.45, 2.75) is 45.8 Å². The molecule has 0 aliphatic carbocycles. The number of rotatable bonds is 5. The third-order valence-corrected chi connectivity index (χ3v) is 5.55. The number of fused-ring (bicyclic) bond motifs is 1. The molecule has 0 spiro atoms. The first-order chi connectivity index (χ1) is 12.4. The maximum absolute atomic E-state index is 12.9. The zero-order chi connectivity index (χ0) is 18.8. The monoisotopic (exact) mass is 367 g/mol. The van der Waals surface area contributed by atoms with Crippen molar-refractivity contribution in [1.82, 2.24) is 0 Å². The molecular weight excluding hydrogens is 342 g/mol. The Morgan fingerprint density at radius 3 is 2.58 bits per heavy atom. The molecule has 1 heterocycles. The van der Waals surface area contributed by atoms with Crippen molar-refractivity contribution in [3.8, 4) is 0 Å². The fourth-order valence-corrected chi connectivity index (χ4v) is 3.90. The number of aryl methyl sites for hydroxylation is 2. The van der Waals surface area contributed by atoms with Gasteiger partial charge in [-0.3, -0.25) is 4.79 Å². The van der Waals surface area contributed by atoms with E-state index in [2.05, 4.69) is 44.3 Å². The van der Waals surface area contributed by atoms with Gasteiger partial charge in [-0.05, 0) is 56.7 Å². The van der Waals surface area contributed by atoms with Gasteiger partial charge in [0.1, 0.15) is 5.58 Å². The maximum Gasteiger partial charge on any atom is 0.196 e. The molecule has 0 aliphatic heterocycles. The van der Waals surface area contributed by atoms with Crippen LogP contribution in [-0.2, 0) is 0 Å². The second kappa shape index (κ2) is 7.58. The van der Waals surface area contributed by atoms with Crippen LogP contribution < -0.4 is 10.7 Å². The summed E-state index contributed by atoms with van der Waals surface area (Å²) in [5.74, 6) is 0.869. The normalized spacial score (nSPS) is 12.3. The second-order valence-electron chi connectivity index (χ2n) is 6.69. The number of para-hydroxylation sites is 1. The summed E-state index contributed by atoms with van der Waals surface area (Å²) >= 11 is 1.57. The van der Waals surface area contributed by atoms with Crippen LogP contribution in [-0.4, -0.2) is 5.75 Å². The van der Waals surface area contributed by atoms with Crippen LogP contribution in [0.1, 0.15) is 42.1 Å². The second-order valence-corrected chi connectivity index (χ2v) is 7.93. The van der Waals surface area contributed by atoms with Crippen LogP contribution in [0.25, 0.3) is 11.0 Å². The Labute approximate surface area is 158 Å². The van der Waals surface area contributed by atoms with Gasteiger partial charge in [0.05, 0.1) is 11.4 Å². The van der Waals surface area contributed by atoms with E-state index in [0.29, 0.717) is 16.5 Å². The number of hydrogen-bond acceptors (Lipinski definition) is 4. The Balaban J connectivity index is 2.15. The SMILES string of the molecule is CCSc1oc2c(C(C)Nc3ccccc3C)cc(C)cc2c(=O)c1C. The fourth-order valence-electron chi connectivity index (χ4n) is 3.18. The smallest absolute Gasteiger partial charge is 0.196 e. The van der Waals surface area contributed by atoms with Crippen LogP contribution in [0.15, 0.2) is 50.7 Å². The molecule has 3 aromatic rings. The van der Waals surface area contributed by atoms with E-state index in [4.69, 9.17) is 4.42 Å². The predicted molar refractivity (Wildman–Crippen MR) is 112 cm³/mol. The highest BCUT2D eigenvalue weighted by atomic mass is 32.2. The van der Waals surface area contributed by atoms with Crippen molar-refractivity contribution in [3.05, 3.63) is 68.9 Å². The first-order valence-corrected chi connectivity index (χ1v) is 9.93. The van der Waals surface area contributed by atoms with Gasteiger partial charge in [0.25, 0.3) is 0 Å². The molecule has 2 aromatic carbocycles. The Morgan fingerprint density at radius 2 is 1.88 bits per heavy atom. The van der Waals surface area contributed by atoms with Gasteiger partial charge in [-0.25, -0.2) is 0 Å². The van der Waals surface area contributed by atoms with Crippen LogP contribution in [0.3, 0.4) is 0 Å². The highest BCUT2D eigenvalue weighted by Gasteiger charge is 2.18. The molecule has 1 aromatic heterocycles. The summed E-state index contributed by atoms with van der Waals surface area (Å²) in [6, 6.07) is 12.3. The molecule has 0 saturated carbocycles. The Bertz CT molecular complexity index is 1010. The van der Waals surface area contributed by atoms with E-state index in [1.54, 1.807) is 11.8 Å². The summed E-state index contributed by atoms with van der Waals surface area (Å²) in [5, 5.41) is 4.95. The van der Waals surface area contributed by atoms with Crippen molar-refractivity contribution in [3.63, 3.8) is 0 Å². The highest BCUT2D eigenvalue weighted by molar-refractivity contribution is 7.99. The van der Waals surface area contributed by atoms with E-state index in [1.807, 2.05) is 32.0 Å². The van der Waals surface area contributed by atoms with E-state index >= 15 is 0 Å². The summed E-state index contributed by atoms with van der Waals surface area (Å²) < 4.78 is 6.21. The fraction of sp³-hybridized carbons (Fsp3) is 0.318. The lowest BCUT2D eigenvalue weighted by Gasteiger charge is -2.19. The summed E-state index contributed by atoms with van der Waals surface area (Å²) in [5.41, 5.74) is 5.81. The first kappa shape index (κ1) is 18.6. The summed E-state index contributed by atoms with van der Waals surface area (Å²) in [6.07, 6.45) is 0. The highest BCUT2D eigenvalue weighted by Crippen LogP contribution is 2.32. The standard InChI is InChI=1S/C22H25NO2S/c1-6-26-22-15(4)20(24)18-12-13(2)11-17(21(18)25-22)16(5)23-19-10-8-7-9-14(19)3/h7-12,16,23H,6H2,1-5H3. The molecule has 26 heavy (non-hydrogen) atoms. The minimum Gasteiger partial charge on any atom is -0.449 e. The zero-order valence-electron chi connectivity index (χ0n) is 16.0. The Morgan fingerprint density at radius 1 is 1.15 bits per heavy atom. The molecule has 1 N–H and O–H groups in total. The van der Waals surface area contributed by atoms with E-state index in [1.165, 1.54) is 5.56 Å². The van der Waals surface area contributed by atoms with E-state index in [9.17, 15) is 4.79 Å². The largest absolute Gasteiger partial charge is 0.449 e. The molecule has 1 unspecified atom stereocenters. The molecule has 0 aliphatic rings. The molecule has 3 nitrogen and oxygen atoms in total. The number of thioether (sulfide) groups is 1. The third kappa shape index (κ3) is 3.51. The summed E-state index contributed by atoms with van der Waals surface area (Å²) in [7, 11) is 0. The minimum absolute atomic E-state index is 0.0174. The van der Waals surface area contributed by atoms with Crippen LogP contribution in [0.5, 0.6) is 0 Å². The molecule has 0 fully saturated rings. The van der Waals surface area contributed by atoms with Crippen molar-refractivity contribution in [1.29, 1.82) is 0 Å². The van der Waals surface area contributed by atoms with E-state index < -0.39 is 0 Å². The third-order valence-electron chi connectivity index (χ3n) is 4.61. The van der Waals surface area contributed by atoms with Gasteiger partial charge in [0, 0.05) is 16.8 Å². The van der Waals surface area contributed by atoms with Crippen LogP contribution in [0.2, 0.25) is 0 Å². The van der Waals surface area contributed by atoms with Gasteiger partial charge in [0.2, 0.25) is 0 Å². The van der Waals surface area contributed by atoms with E-state index in [-0.39, 0.29) is 11.5 Å². The van der Waals surface area contributed by atoms with Crippen molar-refractivity contribution in [2.75, 3.05) is 11.1 Å². The van der Waals surface area contributed by atoms with Crippen molar-refractivity contribution >= 4 is 28.4 Å². The quantitative estimate of drug-likeness (QED) is 0.561. The van der Waals surface area contributed by atoms with Crippen LogP contribution >= 0.6 is 11.8 Å². The average molecular weight is 368 g/mol. The van der Waals surface area contributed by atoms with Crippen molar-refractivity contribution < 1.29 is 4.42 Å². The maximum atomic E-state index is 12.9.